The number of rotatable bonds is 13. The van der Waals surface area contributed by atoms with Crippen LogP contribution >= 0.6 is 34.8 Å². The average molecular weight is 1220 g/mol. The van der Waals surface area contributed by atoms with Crippen molar-refractivity contribution >= 4 is 79.7 Å². The number of fused-ring (bicyclic) bond motifs is 3. The second-order valence-corrected chi connectivity index (χ2v) is 22.3. The molecule has 6 aromatic carbocycles. The van der Waals surface area contributed by atoms with Gasteiger partial charge in [0.2, 0.25) is 11.8 Å². The molecule has 0 aliphatic carbocycles. The van der Waals surface area contributed by atoms with Gasteiger partial charge in [0, 0.05) is 79.7 Å². The van der Waals surface area contributed by atoms with E-state index >= 15 is 0 Å². The highest BCUT2D eigenvalue weighted by atomic mass is 35.5. The molecule has 0 spiro atoms. The first-order chi connectivity index (χ1) is 42.3. The molecule has 1 fully saturated rings. The second kappa shape index (κ2) is 27.0. The van der Waals surface area contributed by atoms with Gasteiger partial charge in [-0.15, -0.1) is 30.6 Å². The molecule has 0 bridgehead atoms. The number of carbonyl (C=O) groups excluding carboxylic acids is 2. The van der Waals surface area contributed by atoms with Gasteiger partial charge in [-0.3, -0.25) is 9.59 Å². The molecule has 0 radical (unpaired) electrons. The SMILES string of the molecule is CN(C)CCNC(=O)Cn1nc(-c2ccccc2)c2c(Cl)c(-c3ccccc3)nnc21.CN1CCN(C(=O)Cn2nc(-c3ccccc3)c3c(Cl)c(-c4ccccc4)nnc32)CC1.Cc1cccc(-c2nn(C)c3nnc(-c4ccccc4)c(Cl)c23)c1. The summed E-state index contributed by atoms with van der Waals surface area (Å²) in [5.41, 5.74) is 12.4. The Bertz CT molecular complexity index is 4370. The molecule has 1 N–H and O–H groups in total. The van der Waals surface area contributed by atoms with E-state index in [2.05, 4.69) is 72.0 Å². The van der Waals surface area contributed by atoms with E-state index in [1.54, 1.807) is 14.0 Å². The standard InChI is InChI=1S/C24H23ClN6O.C23H23ClN6O.C19H15ClN4/c1-29-12-14-30(15-13-29)19(32)16-31-24-20(22(28-31)17-8-4-2-5-9-17)21(25)23(26-27-24)18-10-6-3-7-11-18;1-29(2)14-13-25-18(31)15-30-23-19(21(28-30)16-9-5-3-6-10-16)20(24)22(26-27-23)17-11-7-4-8-12-17;1-12-7-6-10-14(11-12)17-15-16(20)18(13-8-4-3-5-9-13)21-22-19(15)24(2)23-17/h2-11H,12-16H2,1H3;3-12H,13-15H2,1-2H3,(H,25,31);3-11H,1-2H3. The normalized spacial score (nSPS) is 12.5. The summed E-state index contributed by atoms with van der Waals surface area (Å²) in [6.07, 6.45) is 0. The molecule has 1 saturated heterocycles. The molecule has 12 aromatic rings. The molecule has 87 heavy (non-hydrogen) atoms. The number of hydrogen-bond acceptors (Lipinski definition) is 13. The van der Waals surface area contributed by atoms with Crippen molar-refractivity contribution in [3.63, 3.8) is 0 Å². The van der Waals surface area contributed by atoms with Crippen molar-refractivity contribution in [3.8, 4) is 67.5 Å². The van der Waals surface area contributed by atoms with Crippen molar-refractivity contribution in [2.45, 2.75) is 20.0 Å². The van der Waals surface area contributed by atoms with E-state index in [-0.39, 0.29) is 24.9 Å². The molecule has 2 amide bonds. The molecule has 438 valence electrons. The fourth-order valence-electron chi connectivity index (χ4n) is 10.2. The zero-order valence-electron chi connectivity index (χ0n) is 48.6. The number of amides is 2. The van der Waals surface area contributed by atoms with Gasteiger partial charge in [-0.05, 0) is 34.1 Å². The van der Waals surface area contributed by atoms with Gasteiger partial charge in [0.1, 0.15) is 47.3 Å². The number of likely N-dealkylation sites (N-methyl/N-ethyl adjacent to an activating group) is 2. The number of piperazine rings is 1. The van der Waals surface area contributed by atoms with Crippen LogP contribution in [0.15, 0.2) is 176 Å². The van der Waals surface area contributed by atoms with Gasteiger partial charge in [0.05, 0.1) is 31.2 Å². The Balaban J connectivity index is 0.000000137. The summed E-state index contributed by atoms with van der Waals surface area (Å²) in [4.78, 5) is 31.6. The zero-order valence-corrected chi connectivity index (χ0v) is 50.8. The van der Waals surface area contributed by atoms with Crippen LogP contribution in [0.5, 0.6) is 0 Å². The summed E-state index contributed by atoms with van der Waals surface area (Å²) < 4.78 is 4.92. The van der Waals surface area contributed by atoms with E-state index in [9.17, 15) is 9.59 Å². The number of aryl methyl sites for hydroxylation is 2. The third kappa shape index (κ3) is 13.3. The lowest BCUT2D eigenvalue weighted by Gasteiger charge is -2.32. The molecule has 1 aliphatic rings. The minimum absolute atomic E-state index is 0.0205. The summed E-state index contributed by atoms with van der Waals surface area (Å²) in [5, 5.41) is 47.1. The first-order valence-electron chi connectivity index (χ1n) is 28.3. The summed E-state index contributed by atoms with van der Waals surface area (Å²) in [5.74, 6) is -0.122. The van der Waals surface area contributed by atoms with Crippen molar-refractivity contribution in [2.75, 3.05) is 60.4 Å². The summed E-state index contributed by atoms with van der Waals surface area (Å²) in [7, 11) is 7.84. The van der Waals surface area contributed by atoms with Crippen molar-refractivity contribution in [1.29, 1.82) is 0 Å². The second-order valence-electron chi connectivity index (χ2n) is 21.2. The molecule has 1 aliphatic heterocycles. The van der Waals surface area contributed by atoms with Gasteiger partial charge in [-0.25, -0.2) is 14.0 Å². The van der Waals surface area contributed by atoms with Gasteiger partial charge >= 0.3 is 0 Å². The van der Waals surface area contributed by atoms with Gasteiger partial charge in [0.15, 0.2) is 16.9 Å². The fourth-order valence-corrected chi connectivity index (χ4v) is 11.1. The number of halogens is 3. The van der Waals surface area contributed by atoms with E-state index in [0.717, 1.165) is 64.1 Å². The highest BCUT2D eigenvalue weighted by molar-refractivity contribution is 6.40. The van der Waals surface area contributed by atoms with Crippen LogP contribution in [0.2, 0.25) is 15.1 Å². The minimum atomic E-state index is -0.143. The van der Waals surface area contributed by atoms with Crippen LogP contribution < -0.4 is 5.32 Å². The first-order valence-corrected chi connectivity index (χ1v) is 29.4. The Hall–Kier alpha value is -9.30. The Morgan fingerprint density at radius 3 is 1.26 bits per heavy atom. The van der Waals surface area contributed by atoms with Crippen molar-refractivity contribution in [3.05, 3.63) is 197 Å². The molecule has 0 saturated carbocycles. The Morgan fingerprint density at radius 1 is 0.460 bits per heavy atom. The largest absolute Gasteiger partial charge is 0.353 e. The van der Waals surface area contributed by atoms with Crippen LogP contribution in [0.1, 0.15) is 5.56 Å². The lowest BCUT2D eigenvalue weighted by atomic mass is 10.1. The van der Waals surface area contributed by atoms with Crippen molar-refractivity contribution < 1.29 is 9.59 Å². The van der Waals surface area contributed by atoms with E-state index in [1.807, 2.05) is 195 Å². The topological polar surface area (TPSA) is 187 Å². The maximum absolute atomic E-state index is 13.0. The van der Waals surface area contributed by atoms with Crippen molar-refractivity contribution in [2.24, 2.45) is 7.05 Å². The lowest BCUT2D eigenvalue weighted by molar-refractivity contribution is -0.133. The summed E-state index contributed by atoms with van der Waals surface area (Å²) in [6, 6.07) is 57.0. The van der Waals surface area contributed by atoms with Crippen LogP contribution in [0.25, 0.3) is 101 Å². The Kier molecular flexibility index (Phi) is 18.4. The molecular formula is C66H61Cl3N16O2. The summed E-state index contributed by atoms with van der Waals surface area (Å²) in [6.45, 7) is 6.67. The highest BCUT2D eigenvalue weighted by Crippen LogP contribution is 2.40. The van der Waals surface area contributed by atoms with Gasteiger partial charge in [-0.1, -0.05) is 210 Å². The Labute approximate surface area is 518 Å². The number of nitrogens with zero attached hydrogens (tertiary/aromatic N) is 15. The van der Waals surface area contributed by atoms with E-state index in [4.69, 9.17) is 45.0 Å². The van der Waals surface area contributed by atoms with Gasteiger partial charge < -0.3 is 20.0 Å². The van der Waals surface area contributed by atoms with Gasteiger partial charge in [0.25, 0.3) is 0 Å². The predicted molar refractivity (Wildman–Crippen MR) is 345 cm³/mol. The van der Waals surface area contributed by atoms with Gasteiger partial charge in [-0.2, -0.15) is 15.3 Å². The van der Waals surface area contributed by atoms with E-state index in [1.165, 1.54) is 5.56 Å². The zero-order chi connectivity index (χ0) is 60.6. The van der Waals surface area contributed by atoms with Crippen LogP contribution in [0.3, 0.4) is 0 Å². The molecule has 18 nitrogen and oxygen atoms in total. The fraction of sp³-hybridized carbons (Fsp3) is 0.197. The number of benzene rings is 6. The van der Waals surface area contributed by atoms with E-state index in [0.29, 0.717) is 90.9 Å². The predicted octanol–water partition coefficient (Wildman–Crippen LogP) is 11.7. The molecule has 7 heterocycles. The van der Waals surface area contributed by atoms with Crippen LogP contribution in [-0.4, -0.2) is 147 Å². The first kappa shape index (κ1) is 59.4. The monoisotopic (exact) mass is 1210 g/mol. The van der Waals surface area contributed by atoms with Crippen LogP contribution in [-0.2, 0) is 29.7 Å². The number of hydrogen-bond donors (Lipinski definition) is 1. The van der Waals surface area contributed by atoms with Crippen LogP contribution in [0, 0.1) is 6.92 Å². The summed E-state index contributed by atoms with van der Waals surface area (Å²) >= 11 is 20.5. The Morgan fingerprint density at radius 2 is 0.839 bits per heavy atom. The minimum Gasteiger partial charge on any atom is -0.353 e. The maximum Gasteiger partial charge on any atom is 0.244 e. The highest BCUT2D eigenvalue weighted by Gasteiger charge is 2.27. The molecule has 13 rings (SSSR count). The van der Waals surface area contributed by atoms with E-state index < -0.39 is 0 Å². The molecule has 6 aromatic heterocycles. The number of nitrogens with one attached hydrogen (secondary N) is 1. The quantitative estimate of drug-likeness (QED) is 0.115. The molecule has 0 unspecified atom stereocenters. The molecule has 0 atom stereocenters. The molecular weight excluding hydrogens is 1160 g/mol. The lowest BCUT2D eigenvalue weighted by Crippen LogP contribution is -2.48. The smallest absolute Gasteiger partial charge is 0.244 e. The van der Waals surface area contributed by atoms with Crippen LogP contribution in [0.4, 0.5) is 0 Å². The third-order valence-corrected chi connectivity index (χ3v) is 15.8. The number of aromatic nitrogens is 12. The average Bonchev–Trinajstić information content (AvgIpc) is 1.94. The number of carbonyl (C=O) groups is 2. The maximum atomic E-state index is 13.0. The van der Waals surface area contributed by atoms with Crippen molar-refractivity contribution in [1.82, 2.24) is 80.0 Å². The third-order valence-electron chi connectivity index (χ3n) is 14.7. The molecule has 21 heteroatoms.